The molecule has 116 valence electrons. The SMILES string of the molecule is CN(C)C1(CNC(=O)CC2CCOC2)CCCCCC1. The molecule has 1 atom stereocenters. The van der Waals surface area contributed by atoms with Gasteiger partial charge in [0.05, 0.1) is 0 Å². The predicted molar refractivity (Wildman–Crippen MR) is 80.7 cm³/mol. The van der Waals surface area contributed by atoms with Crippen molar-refractivity contribution in [2.24, 2.45) is 5.92 Å². The average Bonchev–Trinajstić information content (AvgIpc) is 2.79. The second kappa shape index (κ2) is 7.41. The van der Waals surface area contributed by atoms with Gasteiger partial charge >= 0.3 is 0 Å². The van der Waals surface area contributed by atoms with Crippen molar-refractivity contribution < 1.29 is 9.53 Å². The zero-order valence-corrected chi connectivity index (χ0v) is 13.1. The Labute approximate surface area is 123 Å². The maximum absolute atomic E-state index is 12.1. The fourth-order valence-electron chi connectivity index (χ4n) is 3.51. The van der Waals surface area contributed by atoms with Crippen LogP contribution < -0.4 is 5.32 Å². The summed E-state index contributed by atoms with van der Waals surface area (Å²) < 4.78 is 5.34. The quantitative estimate of drug-likeness (QED) is 0.786. The Hall–Kier alpha value is -0.610. The standard InChI is InChI=1S/C16H30N2O2/c1-18(2)16(8-5-3-4-6-9-16)13-17-15(19)11-14-7-10-20-12-14/h14H,3-13H2,1-2H3,(H,17,19). The molecule has 0 spiro atoms. The van der Waals surface area contributed by atoms with Gasteiger partial charge in [0.15, 0.2) is 0 Å². The van der Waals surface area contributed by atoms with Gasteiger partial charge in [0.25, 0.3) is 0 Å². The first kappa shape index (κ1) is 15.8. The van der Waals surface area contributed by atoms with E-state index in [1.54, 1.807) is 0 Å². The van der Waals surface area contributed by atoms with Gasteiger partial charge in [-0.2, -0.15) is 0 Å². The highest BCUT2D eigenvalue weighted by molar-refractivity contribution is 5.76. The number of likely N-dealkylation sites (N-methyl/N-ethyl adjacent to an activating group) is 1. The Kier molecular flexibility index (Phi) is 5.85. The molecule has 2 rings (SSSR count). The van der Waals surface area contributed by atoms with E-state index in [1.165, 1.54) is 38.5 Å². The molecule has 4 nitrogen and oxygen atoms in total. The number of nitrogens with zero attached hydrogens (tertiary/aromatic N) is 1. The van der Waals surface area contributed by atoms with Crippen LogP contribution in [0.15, 0.2) is 0 Å². The first-order valence-corrected chi connectivity index (χ1v) is 8.14. The minimum absolute atomic E-state index is 0.165. The first-order valence-electron chi connectivity index (χ1n) is 8.14. The molecule has 1 amide bonds. The summed E-state index contributed by atoms with van der Waals surface area (Å²) in [5.74, 6) is 0.630. The Morgan fingerprint density at radius 1 is 1.25 bits per heavy atom. The predicted octanol–water partition coefficient (Wildman–Crippen LogP) is 2.18. The van der Waals surface area contributed by atoms with Crippen LogP contribution in [-0.4, -0.2) is 50.2 Å². The van der Waals surface area contributed by atoms with Crippen LogP contribution in [0.5, 0.6) is 0 Å². The van der Waals surface area contributed by atoms with Crippen LogP contribution >= 0.6 is 0 Å². The van der Waals surface area contributed by atoms with Crippen LogP contribution in [0.3, 0.4) is 0 Å². The molecule has 0 radical (unpaired) electrons. The van der Waals surface area contributed by atoms with E-state index in [2.05, 4.69) is 24.3 Å². The fourth-order valence-corrected chi connectivity index (χ4v) is 3.51. The highest BCUT2D eigenvalue weighted by Crippen LogP contribution is 2.30. The normalized spacial score (nSPS) is 26.4. The van der Waals surface area contributed by atoms with E-state index in [4.69, 9.17) is 4.74 Å². The molecule has 0 aromatic carbocycles. The van der Waals surface area contributed by atoms with Crippen molar-refractivity contribution in [2.45, 2.75) is 56.9 Å². The summed E-state index contributed by atoms with van der Waals surface area (Å²) in [5, 5.41) is 3.19. The minimum Gasteiger partial charge on any atom is -0.381 e. The van der Waals surface area contributed by atoms with Crippen LogP contribution in [0.25, 0.3) is 0 Å². The molecule has 1 heterocycles. The van der Waals surface area contributed by atoms with Gasteiger partial charge in [0, 0.05) is 31.7 Å². The third kappa shape index (κ3) is 4.19. The smallest absolute Gasteiger partial charge is 0.220 e. The molecule has 0 bridgehead atoms. The second-order valence-corrected chi connectivity index (χ2v) is 6.74. The maximum atomic E-state index is 12.1. The summed E-state index contributed by atoms with van der Waals surface area (Å²) >= 11 is 0. The third-order valence-corrected chi connectivity index (χ3v) is 5.10. The number of hydrogen-bond donors (Lipinski definition) is 1. The van der Waals surface area contributed by atoms with E-state index in [0.29, 0.717) is 12.3 Å². The molecule has 1 saturated carbocycles. The number of carbonyl (C=O) groups excluding carboxylic acids is 1. The lowest BCUT2D eigenvalue weighted by molar-refractivity contribution is -0.122. The fraction of sp³-hybridized carbons (Fsp3) is 0.938. The first-order chi connectivity index (χ1) is 9.62. The highest BCUT2D eigenvalue weighted by Gasteiger charge is 2.33. The van der Waals surface area contributed by atoms with Crippen molar-refractivity contribution in [3.8, 4) is 0 Å². The lowest BCUT2D eigenvalue weighted by Crippen LogP contribution is -2.52. The van der Waals surface area contributed by atoms with Crippen LogP contribution in [0.2, 0.25) is 0 Å². The molecule has 4 heteroatoms. The molecule has 0 aromatic heterocycles. The molecule has 1 aliphatic carbocycles. The third-order valence-electron chi connectivity index (χ3n) is 5.10. The van der Waals surface area contributed by atoms with Gasteiger partial charge in [0.1, 0.15) is 0 Å². The summed E-state index contributed by atoms with van der Waals surface area (Å²) in [5.41, 5.74) is 0.165. The lowest BCUT2D eigenvalue weighted by Gasteiger charge is -2.39. The monoisotopic (exact) mass is 282 g/mol. The van der Waals surface area contributed by atoms with Crippen LogP contribution in [-0.2, 0) is 9.53 Å². The molecular weight excluding hydrogens is 252 g/mol. The Morgan fingerprint density at radius 2 is 1.95 bits per heavy atom. The molecular formula is C16H30N2O2. The van der Waals surface area contributed by atoms with E-state index in [1.807, 2.05) is 0 Å². The molecule has 2 aliphatic rings. The van der Waals surface area contributed by atoms with Crippen molar-refractivity contribution in [3.63, 3.8) is 0 Å². The van der Waals surface area contributed by atoms with Crippen molar-refractivity contribution in [1.82, 2.24) is 10.2 Å². The van der Waals surface area contributed by atoms with Gasteiger partial charge in [-0.15, -0.1) is 0 Å². The van der Waals surface area contributed by atoms with Gasteiger partial charge in [-0.1, -0.05) is 25.7 Å². The Morgan fingerprint density at radius 3 is 2.50 bits per heavy atom. The molecule has 1 aliphatic heterocycles. The zero-order valence-electron chi connectivity index (χ0n) is 13.1. The Bertz CT molecular complexity index is 304. The molecule has 1 unspecified atom stereocenters. The Balaban J connectivity index is 1.83. The van der Waals surface area contributed by atoms with Crippen LogP contribution in [0.4, 0.5) is 0 Å². The lowest BCUT2D eigenvalue weighted by atomic mass is 9.88. The minimum atomic E-state index is 0.165. The maximum Gasteiger partial charge on any atom is 0.220 e. The summed E-state index contributed by atoms with van der Waals surface area (Å²) in [6, 6.07) is 0. The number of hydrogen-bond acceptors (Lipinski definition) is 3. The van der Waals surface area contributed by atoms with Gasteiger partial charge < -0.3 is 15.0 Å². The van der Waals surface area contributed by atoms with E-state index >= 15 is 0 Å². The van der Waals surface area contributed by atoms with Crippen molar-refractivity contribution in [1.29, 1.82) is 0 Å². The summed E-state index contributed by atoms with van der Waals surface area (Å²) in [7, 11) is 4.31. The molecule has 1 saturated heterocycles. The topological polar surface area (TPSA) is 41.6 Å². The summed E-state index contributed by atoms with van der Waals surface area (Å²) in [4.78, 5) is 14.4. The number of rotatable bonds is 5. The van der Waals surface area contributed by atoms with E-state index in [0.717, 1.165) is 26.2 Å². The van der Waals surface area contributed by atoms with E-state index in [-0.39, 0.29) is 11.4 Å². The van der Waals surface area contributed by atoms with Crippen LogP contribution in [0.1, 0.15) is 51.4 Å². The molecule has 1 N–H and O–H groups in total. The van der Waals surface area contributed by atoms with Gasteiger partial charge in [-0.25, -0.2) is 0 Å². The largest absolute Gasteiger partial charge is 0.381 e. The number of ether oxygens (including phenoxy) is 1. The summed E-state index contributed by atoms with van der Waals surface area (Å²) in [6.45, 7) is 2.37. The van der Waals surface area contributed by atoms with E-state index < -0.39 is 0 Å². The average molecular weight is 282 g/mol. The van der Waals surface area contributed by atoms with E-state index in [9.17, 15) is 4.79 Å². The van der Waals surface area contributed by atoms with Crippen molar-refractivity contribution in [3.05, 3.63) is 0 Å². The van der Waals surface area contributed by atoms with Crippen LogP contribution in [0, 0.1) is 5.92 Å². The second-order valence-electron chi connectivity index (χ2n) is 6.74. The zero-order chi connectivity index (χ0) is 14.4. The van der Waals surface area contributed by atoms with Crippen molar-refractivity contribution >= 4 is 5.91 Å². The molecule has 20 heavy (non-hydrogen) atoms. The number of carbonyl (C=O) groups is 1. The number of nitrogens with one attached hydrogen (secondary N) is 1. The van der Waals surface area contributed by atoms with Gasteiger partial charge in [0.2, 0.25) is 5.91 Å². The molecule has 2 fully saturated rings. The van der Waals surface area contributed by atoms with Gasteiger partial charge in [-0.05, 0) is 39.3 Å². The summed E-state index contributed by atoms with van der Waals surface area (Å²) in [6.07, 6.45) is 9.30. The van der Waals surface area contributed by atoms with Crippen molar-refractivity contribution in [2.75, 3.05) is 33.9 Å². The van der Waals surface area contributed by atoms with Gasteiger partial charge in [-0.3, -0.25) is 4.79 Å². The molecule has 0 aromatic rings. The highest BCUT2D eigenvalue weighted by atomic mass is 16.5. The number of amides is 1.